The fourth-order valence-corrected chi connectivity index (χ4v) is 3.21. The topological polar surface area (TPSA) is 60.1 Å². The molecule has 3 aromatic heterocycles. The van der Waals surface area contributed by atoms with Gasteiger partial charge in [0.05, 0.1) is 0 Å². The zero-order valence-electron chi connectivity index (χ0n) is 12.6. The second-order valence-electron chi connectivity index (χ2n) is 5.26. The number of rotatable bonds is 5. The van der Waals surface area contributed by atoms with Gasteiger partial charge in [-0.1, -0.05) is 0 Å². The summed E-state index contributed by atoms with van der Waals surface area (Å²) in [4.78, 5) is 15.3. The maximum atomic E-state index is 12.6. The highest BCUT2D eigenvalue weighted by atomic mass is 32.1. The van der Waals surface area contributed by atoms with Crippen LogP contribution in [0.3, 0.4) is 0 Å². The molecule has 0 amide bonds. The van der Waals surface area contributed by atoms with Gasteiger partial charge in [-0.25, -0.2) is 9.78 Å². The Morgan fingerprint density at radius 3 is 2.96 bits per heavy atom. The van der Waals surface area contributed by atoms with Crippen LogP contribution in [0, 0.1) is 0 Å². The first-order chi connectivity index (χ1) is 11.4. The van der Waals surface area contributed by atoms with Gasteiger partial charge in [-0.2, -0.15) is 13.2 Å². The molecule has 0 saturated heterocycles. The van der Waals surface area contributed by atoms with Crippen molar-refractivity contribution in [1.29, 1.82) is 0 Å². The van der Waals surface area contributed by atoms with Gasteiger partial charge < -0.3 is 9.73 Å². The summed E-state index contributed by atoms with van der Waals surface area (Å²) >= 11 is 0.675. The van der Waals surface area contributed by atoms with Crippen molar-refractivity contribution in [3.63, 3.8) is 0 Å². The van der Waals surface area contributed by atoms with Crippen LogP contribution in [-0.2, 0) is 12.7 Å². The van der Waals surface area contributed by atoms with Crippen molar-refractivity contribution >= 4 is 22.6 Å². The molecular weight excluding hydrogens is 343 g/mol. The van der Waals surface area contributed by atoms with Crippen LogP contribution in [0.1, 0.15) is 23.4 Å². The van der Waals surface area contributed by atoms with E-state index in [-0.39, 0.29) is 6.04 Å². The van der Waals surface area contributed by atoms with Gasteiger partial charge in [-0.05, 0) is 36.1 Å². The molecule has 9 heteroatoms. The van der Waals surface area contributed by atoms with Crippen molar-refractivity contribution in [2.45, 2.75) is 25.7 Å². The van der Waals surface area contributed by atoms with E-state index in [0.29, 0.717) is 41.2 Å². The van der Waals surface area contributed by atoms with Gasteiger partial charge in [0.15, 0.2) is 11.2 Å². The van der Waals surface area contributed by atoms with Crippen LogP contribution < -0.4 is 11.1 Å². The Morgan fingerprint density at radius 1 is 1.46 bits per heavy atom. The summed E-state index contributed by atoms with van der Waals surface area (Å²) in [5, 5.41) is 4.59. The molecule has 0 aliphatic heterocycles. The number of hydrogen-bond donors (Lipinski definition) is 1. The van der Waals surface area contributed by atoms with Crippen LogP contribution in [0.4, 0.5) is 13.2 Å². The molecular formula is C15H14F3N3O2S. The van der Waals surface area contributed by atoms with Gasteiger partial charge in [-0.3, -0.25) is 4.57 Å². The van der Waals surface area contributed by atoms with E-state index in [2.05, 4.69) is 10.3 Å². The van der Waals surface area contributed by atoms with Gasteiger partial charge in [0.25, 0.3) is 0 Å². The third kappa shape index (κ3) is 3.36. The summed E-state index contributed by atoms with van der Waals surface area (Å²) in [6, 6.07) is 4.20. The maximum Gasteiger partial charge on any atom is 0.425 e. The molecule has 0 spiro atoms. The lowest BCUT2D eigenvalue weighted by Crippen LogP contribution is -2.26. The largest absolute Gasteiger partial charge is 0.425 e. The lowest BCUT2D eigenvalue weighted by Gasteiger charge is -2.12. The predicted molar refractivity (Wildman–Crippen MR) is 84.0 cm³/mol. The number of fused-ring (bicyclic) bond motifs is 1. The zero-order valence-corrected chi connectivity index (χ0v) is 13.4. The van der Waals surface area contributed by atoms with Crippen molar-refractivity contribution < 1.29 is 17.6 Å². The number of nitrogens with zero attached hydrogens (tertiary/aromatic N) is 2. The monoisotopic (exact) mass is 357 g/mol. The van der Waals surface area contributed by atoms with Crippen LogP contribution >= 0.6 is 11.3 Å². The Hall–Kier alpha value is -2.13. The number of thiophene rings is 1. The van der Waals surface area contributed by atoms with Crippen LogP contribution in [0.25, 0.3) is 11.2 Å². The van der Waals surface area contributed by atoms with Crippen LogP contribution in [0.2, 0.25) is 0 Å². The Morgan fingerprint density at radius 2 is 2.25 bits per heavy atom. The first-order valence-corrected chi connectivity index (χ1v) is 8.07. The number of hydrogen-bond acceptors (Lipinski definition) is 5. The summed E-state index contributed by atoms with van der Waals surface area (Å²) < 4.78 is 44.4. The van der Waals surface area contributed by atoms with E-state index < -0.39 is 16.8 Å². The first-order valence-electron chi connectivity index (χ1n) is 7.19. The Balaban J connectivity index is 1.64. The highest BCUT2D eigenvalue weighted by Gasteiger charge is 2.32. The van der Waals surface area contributed by atoms with Crippen LogP contribution in [0.5, 0.6) is 0 Å². The average molecular weight is 357 g/mol. The molecule has 3 aromatic rings. The van der Waals surface area contributed by atoms with Gasteiger partial charge in [0, 0.05) is 25.3 Å². The number of halogens is 3. The van der Waals surface area contributed by atoms with Crippen molar-refractivity contribution in [2.24, 2.45) is 0 Å². The molecule has 1 N–H and O–H groups in total. The fourth-order valence-electron chi connectivity index (χ4n) is 2.33. The molecule has 128 valence electrons. The molecule has 1 unspecified atom stereocenters. The molecule has 0 radical (unpaired) electrons. The number of alkyl halides is 3. The molecule has 0 aliphatic rings. The Bertz CT molecular complexity index is 897. The predicted octanol–water partition coefficient (Wildman–Crippen LogP) is 3.42. The minimum Gasteiger partial charge on any atom is -0.406 e. The second-order valence-corrected chi connectivity index (χ2v) is 6.17. The van der Waals surface area contributed by atoms with Crippen molar-refractivity contribution in [3.05, 3.63) is 50.8 Å². The highest BCUT2D eigenvalue weighted by Crippen LogP contribution is 2.35. The zero-order chi connectivity index (χ0) is 17.3. The summed E-state index contributed by atoms with van der Waals surface area (Å²) in [7, 11) is 0. The van der Waals surface area contributed by atoms with Crippen LogP contribution in [0.15, 0.2) is 39.0 Å². The minimum atomic E-state index is -4.32. The van der Waals surface area contributed by atoms with E-state index >= 15 is 0 Å². The standard InChI is InChI=1S/C15H14F3N3O2S/c1-9(10-7-12(24-8-10)15(16,17)18)19-5-6-21-13-11(23-14(21)22)3-2-4-20-13/h2-4,7-9,19H,5-6H2,1H3. The molecule has 0 bridgehead atoms. The number of nitrogens with one attached hydrogen (secondary N) is 1. The van der Waals surface area contributed by atoms with E-state index in [1.54, 1.807) is 25.3 Å². The SMILES string of the molecule is CC(NCCn1c(=O)oc2cccnc21)c1csc(C(F)(F)F)c1. The summed E-state index contributed by atoms with van der Waals surface area (Å²) in [5.41, 5.74) is 1.42. The number of pyridine rings is 1. The molecule has 0 fully saturated rings. The molecule has 0 aliphatic carbocycles. The van der Waals surface area contributed by atoms with Gasteiger partial charge in [0.1, 0.15) is 4.88 Å². The minimum absolute atomic E-state index is 0.265. The van der Waals surface area contributed by atoms with E-state index in [4.69, 9.17) is 4.42 Å². The molecule has 3 heterocycles. The smallest absolute Gasteiger partial charge is 0.406 e. The van der Waals surface area contributed by atoms with E-state index in [1.165, 1.54) is 9.95 Å². The van der Waals surface area contributed by atoms with Crippen molar-refractivity contribution in [2.75, 3.05) is 6.54 Å². The van der Waals surface area contributed by atoms with Gasteiger partial charge in [0.2, 0.25) is 0 Å². The second kappa shape index (κ2) is 6.40. The van der Waals surface area contributed by atoms with E-state index in [1.807, 2.05) is 0 Å². The van der Waals surface area contributed by atoms with Gasteiger partial charge >= 0.3 is 11.9 Å². The maximum absolute atomic E-state index is 12.6. The molecule has 5 nitrogen and oxygen atoms in total. The molecule has 3 rings (SSSR count). The quantitative estimate of drug-likeness (QED) is 0.760. The molecule has 24 heavy (non-hydrogen) atoms. The van der Waals surface area contributed by atoms with E-state index in [0.717, 1.165) is 6.07 Å². The van der Waals surface area contributed by atoms with Crippen molar-refractivity contribution in [3.8, 4) is 0 Å². The third-order valence-electron chi connectivity index (χ3n) is 3.61. The molecule has 0 saturated carbocycles. The Kier molecular flexibility index (Phi) is 4.46. The van der Waals surface area contributed by atoms with Gasteiger partial charge in [-0.15, -0.1) is 11.3 Å². The highest BCUT2D eigenvalue weighted by molar-refractivity contribution is 7.10. The normalized spacial score (nSPS) is 13.5. The summed E-state index contributed by atoms with van der Waals surface area (Å²) in [6.07, 6.45) is -2.76. The van der Waals surface area contributed by atoms with Crippen molar-refractivity contribution in [1.82, 2.24) is 14.9 Å². The van der Waals surface area contributed by atoms with Crippen LogP contribution in [-0.4, -0.2) is 16.1 Å². The number of aromatic nitrogens is 2. The molecule has 0 aromatic carbocycles. The lowest BCUT2D eigenvalue weighted by atomic mass is 10.1. The summed E-state index contributed by atoms with van der Waals surface area (Å²) in [5.74, 6) is -0.506. The Labute approximate surface area is 138 Å². The lowest BCUT2D eigenvalue weighted by molar-refractivity contribution is -0.134. The summed E-state index contributed by atoms with van der Waals surface area (Å²) in [6.45, 7) is 2.48. The fraction of sp³-hybridized carbons (Fsp3) is 0.333. The third-order valence-corrected chi connectivity index (χ3v) is 4.60. The number of oxazole rings is 1. The average Bonchev–Trinajstić information content (AvgIpc) is 3.12. The molecule has 1 atom stereocenters. The first kappa shape index (κ1) is 16.7. The van der Waals surface area contributed by atoms with E-state index in [9.17, 15) is 18.0 Å².